The van der Waals surface area contributed by atoms with Gasteiger partial charge in [0.15, 0.2) is 11.5 Å². The molecule has 2 aliphatic rings. The minimum absolute atomic E-state index is 0.0360. The summed E-state index contributed by atoms with van der Waals surface area (Å²) in [5.74, 6) is 1.12. The van der Waals surface area contributed by atoms with Gasteiger partial charge < -0.3 is 29.1 Å². The Morgan fingerprint density at radius 3 is 2.18 bits per heavy atom. The molecule has 0 aromatic heterocycles. The maximum absolute atomic E-state index is 13.9. The molecule has 0 radical (unpaired) electrons. The number of carbonyl (C=O) groups excluding carboxylic acids is 2. The maximum atomic E-state index is 13.9. The van der Waals surface area contributed by atoms with Crippen LogP contribution in [0.4, 0.5) is 10.5 Å². The zero-order valence-corrected chi connectivity index (χ0v) is 27.6. The van der Waals surface area contributed by atoms with Gasteiger partial charge in [-0.05, 0) is 112 Å². The van der Waals surface area contributed by atoms with E-state index >= 15 is 0 Å². The maximum Gasteiger partial charge on any atom is 0.410 e. The first kappa shape index (κ1) is 32.6. The topological polar surface area (TPSA) is 88.5 Å². The number of piperidine rings is 1. The molecule has 45 heavy (non-hydrogen) atoms. The highest BCUT2D eigenvalue weighted by molar-refractivity contribution is 6.30. The van der Waals surface area contributed by atoms with Crippen LogP contribution in [0.15, 0.2) is 60.7 Å². The first-order valence-corrected chi connectivity index (χ1v) is 16.0. The first-order valence-electron chi connectivity index (χ1n) is 15.6. The second-order valence-corrected chi connectivity index (χ2v) is 13.1. The van der Waals surface area contributed by atoms with E-state index in [1.807, 2.05) is 100 Å². The highest BCUT2D eigenvalue weighted by Gasteiger charge is 2.39. The number of anilines is 1. The summed E-state index contributed by atoms with van der Waals surface area (Å²) in [5.41, 5.74) is 3.12. The predicted molar refractivity (Wildman–Crippen MR) is 175 cm³/mol. The van der Waals surface area contributed by atoms with Crippen molar-refractivity contribution in [2.75, 3.05) is 25.1 Å². The van der Waals surface area contributed by atoms with E-state index in [1.165, 1.54) is 0 Å². The predicted octanol–water partition coefficient (Wildman–Crippen LogP) is 7.28. The zero-order valence-electron chi connectivity index (χ0n) is 26.9. The fraction of sp³-hybridized carbons (Fsp3) is 0.444. The number of hydrogen-bond donors (Lipinski definition) is 1. The lowest BCUT2D eigenvalue weighted by molar-refractivity contribution is -0.118. The highest BCUT2D eigenvalue weighted by Crippen LogP contribution is 2.44. The Labute approximate surface area is 270 Å². The molecule has 9 heteroatoms. The quantitative estimate of drug-likeness (QED) is 0.280. The molecule has 0 spiro atoms. The van der Waals surface area contributed by atoms with Gasteiger partial charge in [-0.3, -0.25) is 4.79 Å². The van der Waals surface area contributed by atoms with Crippen molar-refractivity contribution in [3.8, 4) is 11.5 Å². The van der Waals surface area contributed by atoms with Crippen molar-refractivity contribution in [2.24, 2.45) is 5.92 Å². The molecule has 0 bridgehead atoms. The van der Waals surface area contributed by atoms with E-state index in [4.69, 9.17) is 25.8 Å². The molecule has 3 aromatic carbocycles. The second kappa shape index (κ2) is 13.3. The van der Waals surface area contributed by atoms with Crippen LogP contribution < -0.4 is 14.4 Å². The molecule has 1 N–H and O–H groups in total. The molecule has 5 rings (SSSR count). The molecule has 8 nitrogen and oxygen atoms in total. The first-order chi connectivity index (χ1) is 21.4. The van der Waals surface area contributed by atoms with Crippen molar-refractivity contribution in [3.63, 3.8) is 0 Å². The van der Waals surface area contributed by atoms with Crippen LogP contribution in [-0.2, 0) is 21.6 Å². The Morgan fingerprint density at radius 2 is 1.60 bits per heavy atom. The lowest BCUT2D eigenvalue weighted by Gasteiger charge is -2.40. The third-order valence-electron chi connectivity index (χ3n) is 8.75. The molecule has 2 aliphatic heterocycles. The Morgan fingerprint density at radius 1 is 0.956 bits per heavy atom. The van der Waals surface area contributed by atoms with Crippen LogP contribution in [0.2, 0.25) is 5.02 Å². The molecule has 240 valence electrons. The molecule has 0 aliphatic carbocycles. The van der Waals surface area contributed by atoms with Crippen molar-refractivity contribution in [1.82, 2.24) is 4.90 Å². The Kier molecular flexibility index (Phi) is 9.65. The van der Waals surface area contributed by atoms with E-state index < -0.39 is 11.6 Å². The average molecular weight is 635 g/mol. The molecular weight excluding hydrogens is 592 g/mol. The Balaban J connectivity index is 1.45. The number of halogens is 1. The van der Waals surface area contributed by atoms with Gasteiger partial charge in [0.1, 0.15) is 0 Å². The van der Waals surface area contributed by atoms with Gasteiger partial charge in [-0.2, -0.15) is 0 Å². The number of fused-ring (bicyclic) bond motifs is 1. The third kappa shape index (κ3) is 6.92. The second-order valence-electron chi connectivity index (χ2n) is 12.7. The average Bonchev–Trinajstić information content (AvgIpc) is 3.00. The minimum atomic E-state index is -1.11. The van der Waals surface area contributed by atoms with Crippen molar-refractivity contribution in [2.45, 2.75) is 77.7 Å². The van der Waals surface area contributed by atoms with Gasteiger partial charge in [-0.1, -0.05) is 35.9 Å². The largest absolute Gasteiger partial charge is 0.493 e. The van der Waals surface area contributed by atoms with Gasteiger partial charge in [-0.15, -0.1) is 0 Å². The molecule has 1 saturated heterocycles. The number of methoxy groups -OCH3 is 1. The van der Waals surface area contributed by atoms with Gasteiger partial charge >= 0.3 is 6.09 Å². The molecule has 2 atom stereocenters. The number of carbonyl (C=O) groups is 2. The van der Waals surface area contributed by atoms with E-state index in [0.717, 1.165) is 27.9 Å². The molecule has 2 unspecified atom stereocenters. The summed E-state index contributed by atoms with van der Waals surface area (Å²) in [6, 6.07) is 18.6. The summed E-state index contributed by atoms with van der Waals surface area (Å²) in [6.45, 7) is 10.5. The van der Waals surface area contributed by atoms with Crippen LogP contribution in [0.5, 0.6) is 11.5 Å². The van der Waals surface area contributed by atoms with Crippen LogP contribution >= 0.6 is 11.6 Å². The lowest BCUT2D eigenvalue weighted by atomic mass is 9.77. The fourth-order valence-corrected chi connectivity index (χ4v) is 6.55. The van der Waals surface area contributed by atoms with Crippen molar-refractivity contribution in [1.29, 1.82) is 0 Å². The van der Waals surface area contributed by atoms with E-state index in [1.54, 1.807) is 12.0 Å². The fourth-order valence-electron chi connectivity index (χ4n) is 6.42. The number of hydrogen-bond acceptors (Lipinski definition) is 6. The van der Waals surface area contributed by atoms with Crippen molar-refractivity contribution < 1.29 is 28.9 Å². The van der Waals surface area contributed by atoms with Crippen LogP contribution in [0.1, 0.15) is 75.8 Å². The standard InChI is InChI=1S/C36H43ClN2O6/c1-22(2)44-32-21-30-25(19-31(32)43-6)20-33(40)39(34(30)24-7-11-28(37)12-8-24)29-13-9-26(10-14-29)36(5,42)27-15-17-38(18-16-27)35(41)45-23(3)4/h7-14,19,21-23,27,34,42H,15-18,20H2,1-6H3. The zero-order chi connectivity index (χ0) is 32.5. The van der Waals surface area contributed by atoms with E-state index in [2.05, 4.69) is 0 Å². The molecular formula is C36H43ClN2O6. The van der Waals surface area contributed by atoms with Gasteiger partial charge in [0.2, 0.25) is 5.91 Å². The SMILES string of the molecule is COc1cc2c(cc1OC(C)C)C(c1ccc(Cl)cc1)N(c1ccc(C(C)(O)C3CCN(C(=O)OC(C)C)CC3)cc1)C(=O)C2. The van der Waals surface area contributed by atoms with Gasteiger partial charge in [0, 0.05) is 23.8 Å². The number of nitrogens with zero attached hydrogens (tertiary/aromatic N) is 2. The smallest absolute Gasteiger partial charge is 0.410 e. The highest BCUT2D eigenvalue weighted by atomic mass is 35.5. The van der Waals surface area contributed by atoms with E-state index in [9.17, 15) is 14.7 Å². The molecule has 1 fully saturated rings. The molecule has 2 heterocycles. The summed E-state index contributed by atoms with van der Waals surface area (Å²) < 4.78 is 17.1. The van der Waals surface area contributed by atoms with E-state index in [-0.39, 0.29) is 36.5 Å². The summed E-state index contributed by atoms with van der Waals surface area (Å²) in [7, 11) is 1.60. The van der Waals surface area contributed by atoms with Gasteiger partial charge in [0.05, 0.1) is 37.4 Å². The van der Waals surface area contributed by atoms with Crippen molar-refractivity contribution >= 4 is 29.3 Å². The van der Waals surface area contributed by atoms with Crippen LogP contribution in [-0.4, -0.2) is 54.4 Å². The molecule has 3 aromatic rings. The Hall–Kier alpha value is -3.75. The Bertz CT molecular complexity index is 1510. The molecule has 0 saturated carbocycles. The summed E-state index contributed by atoms with van der Waals surface area (Å²) in [6.07, 6.45) is 0.980. The summed E-state index contributed by atoms with van der Waals surface area (Å²) >= 11 is 6.26. The summed E-state index contributed by atoms with van der Waals surface area (Å²) in [4.78, 5) is 29.8. The lowest BCUT2D eigenvalue weighted by Crippen LogP contribution is -2.45. The third-order valence-corrected chi connectivity index (χ3v) is 9.00. The number of rotatable bonds is 8. The normalized spacial score (nSPS) is 18.5. The van der Waals surface area contributed by atoms with Crippen LogP contribution in [0.3, 0.4) is 0 Å². The minimum Gasteiger partial charge on any atom is -0.493 e. The molecule has 2 amide bonds. The number of benzene rings is 3. The van der Waals surface area contributed by atoms with Crippen LogP contribution in [0, 0.1) is 5.92 Å². The van der Waals surface area contributed by atoms with E-state index in [0.29, 0.717) is 42.5 Å². The number of ether oxygens (including phenoxy) is 3. The van der Waals surface area contributed by atoms with Gasteiger partial charge in [-0.25, -0.2) is 4.79 Å². The monoisotopic (exact) mass is 634 g/mol. The number of likely N-dealkylation sites (tertiary alicyclic amines) is 1. The summed E-state index contributed by atoms with van der Waals surface area (Å²) in [5, 5.41) is 12.3. The van der Waals surface area contributed by atoms with Crippen molar-refractivity contribution in [3.05, 3.63) is 87.9 Å². The van der Waals surface area contributed by atoms with Gasteiger partial charge in [0.25, 0.3) is 0 Å². The van der Waals surface area contributed by atoms with Crippen LogP contribution in [0.25, 0.3) is 0 Å². The number of amides is 2. The number of aliphatic hydroxyl groups is 1.